The van der Waals surface area contributed by atoms with E-state index >= 15 is 0 Å². The number of hydrogen-bond donors (Lipinski definition) is 2. The van der Waals surface area contributed by atoms with Crippen molar-refractivity contribution in [1.82, 2.24) is 20.3 Å². The van der Waals surface area contributed by atoms with Crippen LogP contribution >= 0.6 is 0 Å². The molecule has 0 aliphatic heterocycles. The number of amides is 1. The lowest BCUT2D eigenvalue weighted by atomic mass is 9.87. The van der Waals surface area contributed by atoms with E-state index in [1.54, 1.807) is 0 Å². The largest absolute Gasteiger partial charge is 0.449 e. The Kier molecular flexibility index (Phi) is 4.96. The molecule has 2 aliphatic rings. The molecule has 7 heteroatoms. The number of ether oxygens (including phenoxy) is 1. The van der Waals surface area contributed by atoms with Gasteiger partial charge in [0.15, 0.2) is 0 Å². The molecular weight excluding hydrogens is 378 g/mol. The summed E-state index contributed by atoms with van der Waals surface area (Å²) in [5.74, 6) is 0.0772. The molecule has 1 aromatic heterocycles. The van der Waals surface area contributed by atoms with Crippen LogP contribution in [0.25, 0.3) is 11.1 Å². The predicted molar refractivity (Wildman–Crippen MR) is 113 cm³/mol. The third-order valence-corrected chi connectivity index (χ3v) is 6.11. The molecule has 7 nitrogen and oxygen atoms in total. The van der Waals surface area contributed by atoms with Gasteiger partial charge in [0.25, 0.3) is 0 Å². The van der Waals surface area contributed by atoms with Crippen LogP contribution in [0, 0.1) is 0 Å². The Hall–Kier alpha value is -3.19. The lowest BCUT2D eigenvalue weighted by molar-refractivity contribution is 0.124. The molecule has 1 saturated carbocycles. The zero-order valence-electron chi connectivity index (χ0n) is 16.7. The highest BCUT2D eigenvalue weighted by atomic mass is 16.5. The van der Waals surface area contributed by atoms with E-state index in [-0.39, 0.29) is 24.1 Å². The minimum atomic E-state index is -0.359. The highest BCUT2D eigenvalue weighted by Gasteiger charge is 2.34. The van der Waals surface area contributed by atoms with Crippen LogP contribution in [0.15, 0.2) is 54.7 Å². The van der Waals surface area contributed by atoms with E-state index in [2.05, 4.69) is 39.9 Å². The third-order valence-electron chi connectivity index (χ3n) is 6.11. The number of carbonyl (C=O) groups excluding carboxylic acids is 1. The van der Waals surface area contributed by atoms with Crippen molar-refractivity contribution in [2.45, 2.75) is 37.3 Å². The summed E-state index contributed by atoms with van der Waals surface area (Å²) in [6.07, 6.45) is 3.98. The predicted octanol–water partition coefficient (Wildman–Crippen LogP) is 3.02. The first kappa shape index (κ1) is 18.8. The van der Waals surface area contributed by atoms with E-state index in [9.17, 15) is 4.79 Å². The summed E-state index contributed by atoms with van der Waals surface area (Å²) < 4.78 is 7.50. The molecular formula is C23H25N5O2. The van der Waals surface area contributed by atoms with Crippen molar-refractivity contribution in [2.24, 2.45) is 5.73 Å². The molecule has 0 radical (unpaired) electrons. The Balaban J connectivity index is 1.15. The molecule has 0 atom stereocenters. The second-order valence-corrected chi connectivity index (χ2v) is 8.02. The van der Waals surface area contributed by atoms with Crippen molar-refractivity contribution < 1.29 is 9.53 Å². The normalized spacial score (nSPS) is 19.6. The Labute approximate surface area is 175 Å². The number of aromatic nitrogens is 3. The summed E-state index contributed by atoms with van der Waals surface area (Å²) in [5, 5.41) is 11.3. The van der Waals surface area contributed by atoms with Crippen LogP contribution in [-0.4, -0.2) is 40.3 Å². The maximum absolute atomic E-state index is 12.4. The van der Waals surface area contributed by atoms with Crippen molar-refractivity contribution in [3.8, 4) is 11.1 Å². The van der Waals surface area contributed by atoms with Crippen molar-refractivity contribution in [1.29, 1.82) is 0 Å². The highest BCUT2D eigenvalue weighted by Crippen LogP contribution is 2.44. The molecule has 2 aliphatic carbocycles. The Morgan fingerprint density at radius 2 is 1.77 bits per heavy atom. The topological polar surface area (TPSA) is 95.1 Å². The van der Waals surface area contributed by atoms with E-state index in [1.165, 1.54) is 22.3 Å². The molecule has 3 N–H and O–H groups in total. The van der Waals surface area contributed by atoms with Crippen molar-refractivity contribution in [2.75, 3.05) is 13.2 Å². The molecule has 0 bridgehead atoms. The first-order valence-corrected chi connectivity index (χ1v) is 10.4. The van der Waals surface area contributed by atoms with Crippen LogP contribution in [0.4, 0.5) is 4.79 Å². The van der Waals surface area contributed by atoms with Gasteiger partial charge in [-0.05, 0) is 41.6 Å². The fourth-order valence-corrected chi connectivity index (χ4v) is 4.48. The number of alkyl carbamates (subject to hydrolysis) is 1. The zero-order valence-corrected chi connectivity index (χ0v) is 16.7. The molecule has 1 amide bonds. The molecule has 1 fully saturated rings. The van der Waals surface area contributed by atoms with Gasteiger partial charge in [-0.1, -0.05) is 53.7 Å². The first-order valence-electron chi connectivity index (χ1n) is 10.4. The fraction of sp³-hybridized carbons (Fsp3) is 0.348. The van der Waals surface area contributed by atoms with Gasteiger partial charge in [-0.3, -0.25) is 0 Å². The van der Waals surface area contributed by atoms with E-state index in [4.69, 9.17) is 10.5 Å². The maximum atomic E-state index is 12.4. The molecule has 154 valence electrons. The molecule has 5 rings (SSSR count). The van der Waals surface area contributed by atoms with Crippen molar-refractivity contribution >= 4 is 6.09 Å². The molecule has 1 heterocycles. The lowest BCUT2D eigenvalue weighted by Crippen LogP contribution is -2.45. The van der Waals surface area contributed by atoms with Gasteiger partial charge in [-0.2, -0.15) is 0 Å². The molecule has 0 saturated heterocycles. The molecule has 2 aromatic carbocycles. The maximum Gasteiger partial charge on any atom is 0.407 e. The quantitative estimate of drug-likeness (QED) is 0.660. The van der Waals surface area contributed by atoms with Crippen LogP contribution in [0.3, 0.4) is 0 Å². The van der Waals surface area contributed by atoms with Crippen LogP contribution in [0.2, 0.25) is 0 Å². The standard InChI is InChI=1S/C23H25N5O2/c24-10-9-15-13-28(27-26-15)17-11-16(12-17)25-23(29)30-14-22-20-7-3-1-5-18(20)19-6-2-4-8-21(19)22/h1-8,13,16-17,22H,9-12,14,24H2,(H,25,29). The highest BCUT2D eigenvalue weighted by molar-refractivity contribution is 5.79. The minimum absolute atomic E-state index is 0.0772. The van der Waals surface area contributed by atoms with Crippen LogP contribution < -0.4 is 11.1 Å². The van der Waals surface area contributed by atoms with Crippen LogP contribution in [0.5, 0.6) is 0 Å². The van der Waals surface area contributed by atoms with Crippen LogP contribution in [-0.2, 0) is 11.2 Å². The summed E-state index contributed by atoms with van der Waals surface area (Å²) in [5.41, 5.74) is 11.4. The second kappa shape index (κ2) is 7.91. The Morgan fingerprint density at radius 1 is 1.10 bits per heavy atom. The minimum Gasteiger partial charge on any atom is -0.449 e. The summed E-state index contributed by atoms with van der Waals surface area (Å²) in [7, 11) is 0. The van der Waals surface area contributed by atoms with Crippen molar-refractivity contribution in [3.63, 3.8) is 0 Å². The lowest BCUT2D eigenvalue weighted by Gasteiger charge is -2.35. The zero-order chi connectivity index (χ0) is 20.5. The summed E-state index contributed by atoms with van der Waals surface area (Å²) >= 11 is 0. The fourth-order valence-electron chi connectivity index (χ4n) is 4.48. The Morgan fingerprint density at radius 3 is 2.43 bits per heavy atom. The Bertz CT molecular complexity index is 1010. The number of nitrogens with zero attached hydrogens (tertiary/aromatic N) is 3. The van der Waals surface area contributed by atoms with Gasteiger partial charge in [0, 0.05) is 24.6 Å². The van der Waals surface area contributed by atoms with E-state index < -0.39 is 0 Å². The third kappa shape index (κ3) is 3.45. The van der Waals surface area contributed by atoms with E-state index in [0.29, 0.717) is 13.2 Å². The summed E-state index contributed by atoms with van der Waals surface area (Å²) in [6, 6.07) is 17.0. The van der Waals surface area contributed by atoms with Gasteiger partial charge in [-0.15, -0.1) is 5.10 Å². The SMILES string of the molecule is NCCc1cn(C2CC(NC(=O)OCC3c4ccccc4-c4ccccc43)C2)nn1. The number of nitrogens with one attached hydrogen (secondary N) is 1. The van der Waals surface area contributed by atoms with Crippen molar-refractivity contribution in [3.05, 3.63) is 71.5 Å². The molecule has 3 aromatic rings. The number of benzene rings is 2. The number of nitrogens with two attached hydrogens (primary N) is 1. The average Bonchev–Trinajstić information content (AvgIpc) is 3.32. The smallest absolute Gasteiger partial charge is 0.407 e. The monoisotopic (exact) mass is 403 g/mol. The van der Waals surface area contributed by atoms with Gasteiger partial charge in [0.1, 0.15) is 6.61 Å². The number of carbonyl (C=O) groups is 1. The van der Waals surface area contributed by atoms with Gasteiger partial charge < -0.3 is 15.8 Å². The molecule has 30 heavy (non-hydrogen) atoms. The molecule has 0 spiro atoms. The van der Waals surface area contributed by atoms with Gasteiger partial charge in [0.2, 0.25) is 0 Å². The average molecular weight is 403 g/mol. The summed E-state index contributed by atoms with van der Waals surface area (Å²) in [4.78, 5) is 12.4. The second-order valence-electron chi connectivity index (χ2n) is 8.02. The number of rotatable bonds is 6. The number of fused-ring (bicyclic) bond motifs is 3. The van der Waals surface area contributed by atoms with Crippen LogP contribution in [0.1, 0.15) is 41.6 Å². The van der Waals surface area contributed by atoms with E-state index in [0.717, 1.165) is 25.0 Å². The first-order chi connectivity index (χ1) is 14.7. The molecule has 0 unspecified atom stereocenters. The van der Waals surface area contributed by atoms with E-state index in [1.807, 2.05) is 35.1 Å². The summed E-state index contributed by atoms with van der Waals surface area (Å²) in [6.45, 7) is 0.900. The van der Waals surface area contributed by atoms with Gasteiger partial charge in [0.05, 0.1) is 11.7 Å². The van der Waals surface area contributed by atoms with Gasteiger partial charge in [-0.25, -0.2) is 9.48 Å². The number of hydrogen-bond acceptors (Lipinski definition) is 5. The van der Waals surface area contributed by atoms with Gasteiger partial charge >= 0.3 is 6.09 Å².